The molecule has 0 aliphatic rings. The van der Waals surface area contributed by atoms with Gasteiger partial charge in [0.25, 0.3) is 0 Å². The van der Waals surface area contributed by atoms with Crippen LogP contribution in [0, 0.1) is 0 Å². The molecule has 0 aliphatic heterocycles. The van der Waals surface area contributed by atoms with Gasteiger partial charge in [0.15, 0.2) is 0 Å². The van der Waals surface area contributed by atoms with Gasteiger partial charge < -0.3 is 4.98 Å². The van der Waals surface area contributed by atoms with E-state index in [0.29, 0.717) is 11.0 Å². The molecule has 0 saturated carbocycles. The zero-order chi connectivity index (χ0) is 21.4. The first-order chi connectivity index (χ1) is 14.2. The summed E-state index contributed by atoms with van der Waals surface area (Å²) in [6, 6.07) is 19.2. The molecule has 4 aromatic rings. The number of nitrogens with zero attached hydrogens (tertiary/aromatic N) is 1. The van der Waals surface area contributed by atoms with E-state index in [-0.39, 0.29) is 21.2 Å². The summed E-state index contributed by atoms with van der Waals surface area (Å²) in [5, 5.41) is 0. The summed E-state index contributed by atoms with van der Waals surface area (Å²) in [5.41, 5.74) is 0.397. The minimum atomic E-state index is -4.54. The van der Waals surface area contributed by atoms with Gasteiger partial charge in [-0.3, -0.25) is 0 Å². The molecule has 0 unspecified atom stereocenters. The maximum atomic E-state index is 13.3. The van der Waals surface area contributed by atoms with Crippen molar-refractivity contribution in [1.82, 2.24) is 9.97 Å². The molecule has 0 radical (unpaired) electrons. The third-order valence-electron chi connectivity index (χ3n) is 4.48. The Morgan fingerprint density at radius 1 is 0.900 bits per heavy atom. The number of alkyl halides is 3. The van der Waals surface area contributed by atoms with Gasteiger partial charge in [-0.1, -0.05) is 42.5 Å². The van der Waals surface area contributed by atoms with Gasteiger partial charge in [-0.25, -0.2) is 13.4 Å². The highest BCUT2D eigenvalue weighted by Crippen LogP contribution is 2.33. The highest BCUT2D eigenvalue weighted by molar-refractivity contribution is 8.00. The molecule has 0 saturated heterocycles. The monoisotopic (exact) mass is 428 g/mol. The topological polar surface area (TPSA) is 62.8 Å². The summed E-state index contributed by atoms with van der Waals surface area (Å²) >= 11 is 0. The molecule has 1 heterocycles. The molecule has 152 valence electrons. The lowest BCUT2D eigenvalue weighted by Crippen LogP contribution is -2.07. The molecule has 30 heavy (non-hydrogen) atoms. The van der Waals surface area contributed by atoms with Crippen LogP contribution in [0.3, 0.4) is 0 Å². The number of halogens is 3. The van der Waals surface area contributed by atoms with Crippen molar-refractivity contribution in [2.75, 3.05) is 0 Å². The summed E-state index contributed by atoms with van der Waals surface area (Å²) in [4.78, 5) is 7.10. The standard InChI is InChI=1S/C22H15F3N2O2S/c23-22(24,25)16-8-6-7-15(13-16)14-20(30(28,29)17-9-2-1-3-10-17)21-26-18-11-4-5-12-19(18)27-21/h1-14H,(H,26,27)/b20-14+. The van der Waals surface area contributed by atoms with Crippen LogP contribution in [0.5, 0.6) is 0 Å². The van der Waals surface area contributed by atoms with Crippen molar-refractivity contribution in [3.05, 3.63) is 95.8 Å². The minimum Gasteiger partial charge on any atom is -0.337 e. The Labute approximate surface area is 170 Å². The lowest BCUT2D eigenvalue weighted by molar-refractivity contribution is -0.137. The number of aromatic nitrogens is 2. The van der Waals surface area contributed by atoms with Gasteiger partial charge in [-0.05, 0) is 48.0 Å². The average molecular weight is 428 g/mol. The van der Waals surface area contributed by atoms with E-state index in [1.807, 2.05) is 0 Å². The maximum Gasteiger partial charge on any atom is 0.416 e. The molecule has 0 spiro atoms. The first-order valence-corrected chi connectivity index (χ1v) is 10.4. The van der Waals surface area contributed by atoms with E-state index in [1.54, 1.807) is 42.5 Å². The summed E-state index contributed by atoms with van der Waals surface area (Å²) < 4.78 is 66.0. The largest absolute Gasteiger partial charge is 0.416 e. The van der Waals surface area contributed by atoms with Crippen molar-refractivity contribution < 1.29 is 21.6 Å². The second-order valence-electron chi connectivity index (χ2n) is 6.55. The Kier molecular flexibility index (Phi) is 4.95. The molecule has 4 nitrogen and oxygen atoms in total. The zero-order valence-corrected chi connectivity index (χ0v) is 16.2. The van der Waals surface area contributed by atoms with Crippen LogP contribution in [0.1, 0.15) is 17.0 Å². The van der Waals surface area contributed by atoms with Gasteiger partial charge in [0, 0.05) is 0 Å². The molecule has 0 fully saturated rings. The number of aromatic amines is 1. The number of hydrogen-bond donors (Lipinski definition) is 1. The SMILES string of the molecule is O=S(=O)(/C(=C/c1cccc(C(F)(F)F)c1)c1nc2ccccc2[nH]1)c1ccccc1. The van der Waals surface area contributed by atoms with Crippen molar-refractivity contribution in [3.8, 4) is 0 Å². The fraction of sp³-hybridized carbons (Fsp3) is 0.0455. The molecule has 3 aromatic carbocycles. The molecule has 0 bridgehead atoms. The molecule has 0 atom stereocenters. The lowest BCUT2D eigenvalue weighted by Gasteiger charge is -2.10. The van der Waals surface area contributed by atoms with Gasteiger partial charge in [0.05, 0.1) is 21.5 Å². The Morgan fingerprint density at radius 3 is 2.30 bits per heavy atom. The quantitative estimate of drug-likeness (QED) is 0.463. The smallest absolute Gasteiger partial charge is 0.337 e. The van der Waals surface area contributed by atoms with E-state index in [9.17, 15) is 21.6 Å². The van der Waals surface area contributed by atoms with Gasteiger partial charge >= 0.3 is 6.18 Å². The minimum absolute atomic E-state index is 0.0173. The predicted octanol–water partition coefficient (Wildman–Crippen LogP) is 5.55. The molecular formula is C22H15F3N2O2S. The van der Waals surface area contributed by atoms with Gasteiger partial charge in [0.2, 0.25) is 9.84 Å². The Bertz CT molecular complexity index is 1310. The number of benzene rings is 3. The van der Waals surface area contributed by atoms with Crippen molar-refractivity contribution in [1.29, 1.82) is 0 Å². The predicted molar refractivity (Wildman–Crippen MR) is 109 cm³/mol. The molecule has 1 aromatic heterocycles. The lowest BCUT2D eigenvalue weighted by atomic mass is 10.1. The maximum absolute atomic E-state index is 13.3. The van der Waals surface area contributed by atoms with Crippen LogP contribution in [0.25, 0.3) is 22.0 Å². The molecule has 1 N–H and O–H groups in total. The number of sulfone groups is 1. The Hall–Kier alpha value is -3.39. The van der Waals surface area contributed by atoms with E-state index in [2.05, 4.69) is 9.97 Å². The third kappa shape index (κ3) is 3.86. The van der Waals surface area contributed by atoms with Crippen LogP contribution in [-0.4, -0.2) is 18.4 Å². The summed E-state index contributed by atoms with van der Waals surface area (Å²) in [6.45, 7) is 0. The fourth-order valence-corrected chi connectivity index (χ4v) is 4.44. The van der Waals surface area contributed by atoms with Crippen LogP contribution in [-0.2, 0) is 16.0 Å². The third-order valence-corrected chi connectivity index (χ3v) is 6.26. The van der Waals surface area contributed by atoms with Crippen LogP contribution in [0.15, 0.2) is 83.8 Å². The first-order valence-electron chi connectivity index (χ1n) is 8.89. The molecule has 8 heteroatoms. The van der Waals surface area contributed by atoms with Crippen molar-refractivity contribution in [2.45, 2.75) is 11.1 Å². The molecular weight excluding hydrogens is 413 g/mol. The summed E-state index contributed by atoms with van der Waals surface area (Å²) in [5.74, 6) is 0.0532. The van der Waals surface area contributed by atoms with Gasteiger partial charge in [0.1, 0.15) is 10.7 Å². The highest BCUT2D eigenvalue weighted by atomic mass is 32.2. The normalized spacial score (nSPS) is 13.0. The van der Waals surface area contributed by atoms with Crippen LogP contribution >= 0.6 is 0 Å². The molecule has 0 amide bonds. The number of H-pyrrole nitrogens is 1. The van der Waals surface area contributed by atoms with Crippen molar-refractivity contribution in [3.63, 3.8) is 0 Å². The van der Waals surface area contributed by atoms with Crippen molar-refractivity contribution >= 4 is 31.9 Å². The molecule has 0 aliphatic carbocycles. The Morgan fingerprint density at radius 2 is 1.60 bits per heavy atom. The number of nitrogens with one attached hydrogen (secondary N) is 1. The summed E-state index contributed by atoms with van der Waals surface area (Å²) in [7, 11) is -4.06. The van der Waals surface area contributed by atoms with E-state index >= 15 is 0 Å². The number of rotatable bonds is 4. The van der Waals surface area contributed by atoms with E-state index in [0.717, 1.165) is 12.1 Å². The second kappa shape index (κ2) is 7.46. The van der Waals surface area contributed by atoms with Crippen molar-refractivity contribution in [2.24, 2.45) is 0 Å². The van der Waals surface area contributed by atoms with Crippen LogP contribution < -0.4 is 0 Å². The average Bonchev–Trinajstić information content (AvgIpc) is 3.16. The highest BCUT2D eigenvalue weighted by Gasteiger charge is 2.31. The van der Waals surface area contributed by atoms with E-state index in [4.69, 9.17) is 0 Å². The number of imidazole rings is 1. The van der Waals surface area contributed by atoms with E-state index < -0.39 is 21.6 Å². The van der Waals surface area contributed by atoms with E-state index in [1.165, 1.54) is 30.3 Å². The van der Waals surface area contributed by atoms with Gasteiger partial charge in [-0.15, -0.1) is 0 Å². The fourth-order valence-electron chi connectivity index (χ4n) is 3.03. The van der Waals surface area contributed by atoms with Gasteiger partial charge in [-0.2, -0.15) is 13.2 Å². The molecule has 4 rings (SSSR count). The second-order valence-corrected chi connectivity index (χ2v) is 8.47. The number of para-hydroxylation sites is 2. The van der Waals surface area contributed by atoms with Crippen LogP contribution in [0.2, 0.25) is 0 Å². The Balaban J connectivity index is 1.93. The first kappa shape index (κ1) is 19.9. The van der Waals surface area contributed by atoms with Crippen LogP contribution in [0.4, 0.5) is 13.2 Å². The number of fused-ring (bicyclic) bond motifs is 1. The summed E-state index contributed by atoms with van der Waals surface area (Å²) in [6.07, 6.45) is -3.34. The number of hydrogen-bond acceptors (Lipinski definition) is 3. The zero-order valence-electron chi connectivity index (χ0n) is 15.4.